The molecule has 0 nitrogen and oxygen atoms in total. The summed E-state index contributed by atoms with van der Waals surface area (Å²) in [6, 6.07) is 14.9. The standard InChI is InChI=1S/C27H25F3/c1-3-5-17-6-8-19(9-7-17)20-11-13-22-21(16-20)12-15-23(26(22)29)24-14-10-18(4-2)25(28)27(24)30/h6-10,12,14-16H,3-5,11,13H2,1-2H3. The van der Waals surface area contributed by atoms with E-state index in [1.165, 1.54) is 23.3 Å². The van der Waals surface area contributed by atoms with Gasteiger partial charge in [0.2, 0.25) is 0 Å². The summed E-state index contributed by atoms with van der Waals surface area (Å²) in [4.78, 5) is 0. The van der Waals surface area contributed by atoms with Gasteiger partial charge in [0.25, 0.3) is 0 Å². The first-order chi connectivity index (χ1) is 14.5. The summed E-state index contributed by atoms with van der Waals surface area (Å²) >= 11 is 0. The molecule has 0 saturated carbocycles. The third-order valence-electron chi connectivity index (χ3n) is 5.95. The van der Waals surface area contributed by atoms with E-state index in [0.29, 0.717) is 30.4 Å². The largest absolute Gasteiger partial charge is 0.206 e. The van der Waals surface area contributed by atoms with Gasteiger partial charge in [-0.2, -0.15) is 0 Å². The van der Waals surface area contributed by atoms with Crippen LogP contribution in [0.5, 0.6) is 0 Å². The molecule has 30 heavy (non-hydrogen) atoms. The lowest BCUT2D eigenvalue weighted by Crippen LogP contribution is -2.05. The van der Waals surface area contributed by atoms with E-state index in [9.17, 15) is 8.78 Å². The first-order valence-corrected chi connectivity index (χ1v) is 10.6. The number of halogens is 3. The van der Waals surface area contributed by atoms with Crippen molar-refractivity contribution < 1.29 is 13.2 Å². The number of rotatable bonds is 5. The number of allylic oxidation sites excluding steroid dienone is 1. The molecule has 3 aromatic rings. The van der Waals surface area contributed by atoms with Gasteiger partial charge in [-0.05, 0) is 59.1 Å². The van der Waals surface area contributed by atoms with Gasteiger partial charge in [0.15, 0.2) is 11.6 Å². The fourth-order valence-electron chi connectivity index (χ4n) is 4.23. The van der Waals surface area contributed by atoms with Crippen LogP contribution in [0.3, 0.4) is 0 Å². The minimum absolute atomic E-state index is 0.0220. The molecule has 1 aliphatic carbocycles. The molecule has 0 fully saturated rings. The molecule has 0 spiro atoms. The average Bonchev–Trinajstić information content (AvgIpc) is 2.77. The van der Waals surface area contributed by atoms with Crippen LogP contribution in [0.1, 0.15) is 54.5 Å². The third-order valence-corrected chi connectivity index (χ3v) is 5.95. The molecule has 0 aromatic heterocycles. The molecule has 0 radical (unpaired) electrons. The summed E-state index contributed by atoms with van der Waals surface area (Å²) in [6.07, 6.45) is 5.83. The van der Waals surface area contributed by atoms with Gasteiger partial charge in [0.05, 0.1) is 0 Å². The summed E-state index contributed by atoms with van der Waals surface area (Å²) in [7, 11) is 0. The van der Waals surface area contributed by atoms with Crippen LogP contribution in [0.2, 0.25) is 0 Å². The Morgan fingerprint density at radius 1 is 0.733 bits per heavy atom. The van der Waals surface area contributed by atoms with Crippen molar-refractivity contribution in [2.75, 3.05) is 0 Å². The number of fused-ring (bicyclic) bond motifs is 1. The molecule has 0 bridgehead atoms. The maximum Gasteiger partial charge on any atom is 0.167 e. The van der Waals surface area contributed by atoms with Crippen molar-refractivity contribution in [3.05, 3.63) is 93.8 Å². The fourth-order valence-corrected chi connectivity index (χ4v) is 4.23. The molecular weight excluding hydrogens is 381 g/mol. The van der Waals surface area contributed by atoms with E-state index in [4.69, 9.17) is 0 Å². The highest BCUT2D eigenvalue weighted by molar-refractivity contribution is 5.85. The predicted octanol–water partition coefficient (Wildman–Crippen LogP) is 7.77. The molecule has 154 valence electrons. The topological polar surface area (TPSA) is 0 Å². The van der Waals surface area contributed by atoms with Crippen molar-refractivity contribution in [2.24, 2.45) is 0 Å². The SMILES string of the molecule is CCCc1ccc(C2=Cc3ccc(-c4ccc(CC)c(F)c4F)c(F)c3CC2)cc1. The molecule has 0 aliphatic heterocycles. The lowest BCUT2D eigenvalue weighted by molar-refractivity contribution is 0.501. The van der Waals surface area contributed by atoms with E-state index in [1.54, 1.807) is 13.0 Å². The van der Waals surface area contributed by atoms with Gasteiger partial charge in [-0.1, -0.05) is 74.9 Å². The van der Waals surface area contributed by atoms with Crippen LogP contribution in [-0.2, 0) is 19.3 Å². The Morgan fingerprint density at radius 3 is 2.13 bits per heavy atom. The van der Waals surface area contributed by atoms with Crippen molar-refractivity contribution in [1.29, 1.82) is 0 Å². The van der Waals surface area contributed by atoms with E-state index in [1.807, 2.05) is 12.1 Å². The number of hydrogen-bond donors (Lipinski definition) is 0. The maximum atomic E-state index is 15.3. The Labute approximate surface area is 176 Å². The van der Waals surface area contributed by atoms with E-state index >= 15 is 4.39 Å². The minimum atomic E-state index is -0.979. The molecular formula is C27H25F3. The minimum Gasteiger partial charge on any atom is -0.206 e. The van der Waals surface area contributed by atoms with Crippen molar-refractivity contribution in [1.82, 2.24) is 0 Å². The number of aryl methyl sites for hydroxylation is 2. The average molecular weight is 406 g/mol. The van der Waals surface area contributed by atoms with E-state index in [-0.39, 0.29) is 11.1 Å². The molecule has 4 rings (SSSR count). The second-order valence-electron chi connectivity index (χ2n) is 7.87. The van der Waals surface area contributed by atoms with Crippen LogP contribution in [0, 0.1) is 17.5 Å². The van der Waals surface area contributed by atoms with Crippen LogP contribution in [0.25, 0.3) is 22.8 Å². The zero-order valence-electron chi connectivity index (χ0n) is 17.4. The smallest absolute Gasteiger partial charge is 0.167 e. The van der Waals surface area contributed by atoms with E-state index in [2.05, 4.69) is 31.2 Å². The zero-order chi connectivity index (χ0) is 21.3. The second kappa shape index (κ2) is 8.51. The zero-order valence-corrected chi connectivity index (χ0v) is 17.4. The quantitative estimate of drug-likeness (QED) is 0.406. The van der Waals surface area contributed by atoms with Crippen LogP contribution < -0.4 is 0 Å². The summed E-state index contributed by atoms with van der Waals surface area (Å²) in [5.74, 6) is -2.32. The highest BCUT2D eigenvalue weighted by atomic mass is 19.2. The normalized spacial score (nSPS) is 13.2. The monoisotopic (exact) mass is 406 g/mol. The molecule has 3 aromatic carbocycles. The van der Waals surface area contributed by atoms with Crippen molar-refractivity contribution in [2.45, 2.75) is 46.0 Å². The first-order valence-electron chi connectivity index (χ1n) is 10.6. The summed E-state index contributed by atoms with van der Waals surface area (Å²) in [6.45, 7) is 3.92. The van der Waals surface area contributed by atoms with Gasteiger partial charge in [-0.15, -0.1) is 0 Å². The molecule has 0 amide bonds. The number of hydrogen-bond acceptors (Lipinski definition) is 0. The lowest BCUT2D eigenvalue weighted by Gasteiger charge is -2.20. The summed E-state index contributed by atoms with van der Waals surface area (Å²) in [5.41, 5.74) is 5.40. The molecule has 3 heteroatoms. The van der Waals surface area contributed by atoms with Crippen LogP contribution >= 0.6 is 0 Å². The highest BCUT2D eigenvalue weighted by Gasteiger charge is 2.22. The third kappa shape index (κ3) is 3.69. The van der Waals surface area contributed by atoms with Gasteiger partial charge >= 0.3 is 0 Å². The van der Waals surface area contributed by atoms with Gasteiger partial charge in [0.1, 0.15) is 5.82 Å². The summed E-state index contributed by atoms with van der Waals surface area (Å²) in [5, 5.41) is 0. The number of benzene rings is 3. The maximum absolute atomic E-state index is 15.3. The molecule has 0 saturated heterocycles. The summed E-state index contributed by atoms with van der Waals surface area (Å²) < 4.78 is 44.1. The predicted molar refractivity (Wildman–Crippen MR) is 118 cm³/mol. The Bertz CT molecular complexity index is 1110. The molecule has 0 heterocycles. The second-order valence-corrected chi connectivity index (χ2v) is 7.87. The molecule has 1 aliphatic rings. The van der Waals surface area contributed by atoms with Gasteiger partial charge in [-0.25, -0.2) is 13.2 Å². The van der Waals surface area contributed by atoms with Crippen molar-refractivity contribution >= 4 is 11.6 Å². The van der Waals surface area contributed by atoms with E-state index in [0.717, 1.165) is 24.0 Å². The fraction of sp³-hybridized carbons (Fsp3) is 0.259. The van der Waals surface area contributed by atoms with Crippen LogP contribution in [0.4, 0.5) is 13.2 Å². The van der Waals surface area contributed by atoms with Gasteiger partial charge < -0.3 is 0 Å². The highest BCUT2D eigenvalue weighted by Crippen LogP contribution is 2.37. The van der Waals surface area contributed by atoms with Crippen LogP contribution in [-0.4, -0.2) is 0 Å². The van der Waals surface area contributed by atoms with Crippen molar-refractivity contribution in [3.8, 4) is 11.1 Å². The van der Waals surface area contributed by atoms with Crippen molar-refractivity contribution in [3.63, 3.8) is 0 Å². The van der Waals surface area contributed by atoms with E-state index < -0.39 is 17.5 Å². The first kappa shape index (κ1) is 20.5. The van der Waals surface area contributed by atoms with Crippen LogP contribution in [0.15, 0.2) is 48.5 Å². The van der Waals surface area contributed by atoms with Gasteiger partial charge in [0, 0.05) is 11.1 Å². The molecule has 0 atom stereocenters. The Hall–Kier alpha value is -2.81. The molecule has 0 N–H and O–H groups in total. The molecule has 0 unspecified atom stereocenters. The Balaban J connectivity index is 1.70. The Morgan fingerprint density at radius 2 is 1.43 bits per heavy atom. The Kier molecular flexibility index (Phi) is 5.80. The van der Waals surface area contributed by atoms with Gasteiger partial charge in [-0.3, -0.25) is 0 Å². The lowest BCUT2D eigenvalue weighted by atomic mass is 9.86.